The summed E-state index contributed by atoms with van der Waals surface area (Å²) in [4.78, 5) is 2.47. The highest BCUT2D eigenvalue weighted by molar-refractivity contribution is 7.26. The maximum absolute atomic E-state index is 2.47. The topological polar surface area (TPSA) is 8.17 Å². The molecule has 302 valence electrons. The molecule has 0 aliphatic heterocycles. The van der Waals surface area contributed by atoms with Crippen LogP contribution in [0.25, 0.3) is 92.2 Å². The Bertz CT molecular complexity index is 3610. The molecule has 2 aromatic heterocycles. The highest BCUT2D eigenvalue weighted by Gasteiger charge is 2.22. The largest absolute Gasteiger partial charge is 0.310 e. The van der Waals surface area contributed by atoms with Crippen LogP contribution in [-0.4, -0.2) is 4.57 Å². The molecule has 0 amide bonds. The van der Waals surface area contributed by atoms with E-state index in [1.807, 2.05) is 11.3 Å². The molecule has 2 heterocycles. The minimum absolute atomic E-state index is 1.09. The number of hydrogen-bond acceptors (Lipinski definition) is 2. The first-order valence-electron chi connectivity index (χ1n) is 21.9. The second-order valence-electron chi connectivity index (χ2n) is 16.6. The fraction of sp³-hybridized carbons (Fsp3) is 0.0164. The van der Waals surface area contributed by atoms with Crippen molar-refractivity contribution in [2.24, 2.45) is 0 Å². The van der Waals surface area contributed by atoms with Gasteiger partial charge in [0.05, 0.1) is 11.0 Å². The van der Waals surface area contributed by atoms with Gasteiger partial charge in [0, 0.05) is 59.3 Å². The van der Waals surface area contributed by atoms with E-state index in [1.54, 1.807) is 0 Å². The number of anilines is 3. The zero-order valence-electron chi connectivity index (χ0n) is 35.3. The summed E-state index contributed by atoms with van der Waals surface area (Å²) >= 11 is 1.88. The number of aryl methyl sites for hydroxylation is 1. The van der Waals surface area contributed by atoms with Gasteiger partial charge >= 0.3 is 0 Å². The van der Waals surface area contributed by atoms with Gasteiger partial charge in [-0.05, 0) is 118 Å². The zero-order valence-corrected chi connectivity index (χ0v) is 36.1. The summed E-state index contributed by atoms with van der Waals surface area (Å²) < 4.78 is 4.98. The van der Waals surface area contributed by atoms with Crippen LogP contribution in [-0.2, 0) is 0 Å². The van der Waals surface area contributed by atoms with Gasteiger partial charge < -0.3 is 9.47 Å². The Hall–Kier alpha value is -7.98. The molecule has 0 atom stereocenters. The van der Waals surface area contributed by atoms with E-state index in [1.165, 1.54) is 92.0 Å². The number of hydrogen-bond donors (Lipinski definition) is 0. The van der Waals surface area contributed by atoms with Crippen LogP contribution < -0.4 is 4.90 Å². The van der Waals surface area contributed by atoms with Crippen LogP contribution >= 0.6 is 11.3 Å². The first kappa shape index (κ1) is 37.8. The molecule has 0 saturated carbocycles. The van der Waals surface area contributed by atoms with Crippen LogP contribution in [0.3, 0.4) is 0 Å². The number of aromatic nitrogens is 1. The molecule has 0 unspecified atom stereocenters. The molecule has 0 saturated heterocycles. The van der Waals surface area contributed by atoms with E-state index < -0.39 is 0 Å². The van der Waals surface area contributed by atoms with Gasteiger partial charge in [0.15, 0.2) is 0 Å². The highest BCUT2D eigenvalue weighted by atomic mass is 32.1. The number of fused-ring (bicyclic) bond motifs is 6. The highest BCUT2D eigenvalue weighted by Crippen LogP contribution is 2.48. The Kier molecular flexibility index (Phi) is 9.28. The van der Waals surface area contributed by atoms with Gasteiger partial charge in [0.2, 0.25) is 0 Å². The fourth-order valence-electron chi connectivity index (χ4n) is 9.78. The van der Waals surface area contributed by atoms with Crippen molar-refractivity contribution in [3.05, 3.63) is 242 Å². The van der Waals surface area contributed by atoms with Crippen LogP contribution in [0.1, 0.15) is 5.56 Å². The quantitative estimate of drug-likeness (QED) is 0.148. The Labute approximate surface area is 377 Å². The number of nitrogens with zero attached hydrogens (tertiary/aromatic N) is 2. The van der Waals surface area contributed by atoms with E-state index >= 15 is 0 Å². The molecule has 12 rings (SSSR count). The van der Waals surface area contributed by atoms with Crippen molar-refractivity contribution in [1.29, 1.82) is 0 Å². The normalized spacial score (nSPS) is 11.5. The zero-order chi connectivity index (χ0) is 42.6. The molecule has 0 fully saturated rings. The van der Waals surface area contributed by atoms with Gasteiger partial charge in [-0.25, -0.2) is 0 Å². The smallest absolute Gasteiger partial charge is 0.0541 e. The standard InChI is InChI=1S/C61H42N2S/c1-41-36-49(38-54(44-20-7-3-8-21-44)60(41)45-22-9-4-10-23-45)62(47-34-32-43(33-35-47)42-18-5-2-6-19-42)50-39-55(61-56(40-50)53-28-13-16-31-59(53)64-61)46-24-17-25-48(37-46)63-57-29-14-11-26-51(57)52-27-12-15-30-58(52)63/h2-40H,1H3. The fourth-order valence-corrected chi connectivity index (χ4v) is 11.0. The number of thiophene rings is 1. The third-order valence-corrected chi connectivity index (χ3v) is 13.9. The van der Waals surface area contributed by atoms with E-state index in [0.29, 0.717) is 0 Å². The van der Waals surface area contributed by atoms with Crippen molar-refractivity contribution in [3.8, 4) is 50.2 Å². The molecule has 0 spiro atoms. The van der Waals surface area contributed by atoms with E-state index in [2.05, 4.69) is 253 Å². The molecule has 12 aromatic rings. The third-order valence-electron chi connectivity index (χ3n) is 12.7. The summed E-state index contributed by atoms with van der Waals surface area (Å²) in [7, 11) is 0. The molecule has 0 bridgehead atoms. The maximum atomic E-state index is 2.47. The molecule has 0 N–H and O–H groups in total. The Balaban J connectivity index is 1.11. The molecule has 10 aromatic carbocycles. The Morgan fingerprint density at radius 1 is 0.359 bits per heavy atom. The third kappa shape index (κ3) is 6.49. The Morgan fingerprint density at radius 2 is 0.891 bits per heavy atom. The summed E-state index contributed by atoms with van der Waals surface area (Å²) in [6.45, 7) is 2.26. The lowest BCUT2D eigenvalue weighted by Gasteiger charge is -2.29. The van der Waals surface area contributed by atoms with E-state index in [9.17, 15) is 0 Å². The number of para-hydroxylation sites is 2. The SMILES string of the molecule is Cc1cc(N(c2ccc(-c3ccccc3)cc2)c2cc(-c3cccc(-n4c5ccccc5c5ccccc54)c3)c3sc4ccccc4c3c2)cc(-c2ccccc2)c1-c1ccccc1. The molecular weight excluding hydrogens is 793 g/mol. The van der Waals surface area contributed by atoms with Gasteiger partial charge in [-0.1, -0.05) is 170 Å². The summed E-state index contributed by atoms with van der Waals surface area (Å²) in [6, 6.07) is 86.5. The predicted octanol–water partition coefficient (Wildman–Crippen LogP) is 17.6. The van der Waals surface area contributed by atoms with Crippen molar-refractivity contribution < 1.29 is 0 Å². The maximum Gasteiger partial charge on any atom is 0.0541 e. The lowest BCUT2D eigenvalue weighted by Crippen LogP contribution is -2.11. The van der Waals surface area contributed by atoms with Crippen LogP contribution in [0.15, 0.2) is 237 Å². The molecule has 0 aliphatic rings. The van der Waals surface area contributed by atoms with E-state index in [-0.39, 0.29) is 0 Å². The van der Waals surface area contributed by atoms with E-state index in [0.717, 1.165) is 22.7 Å². The Morgan fingerprint density at radius 3 is 1.58 bits per heavy atom. The minimum atomic E-state index is 1.09. The van der Waals surface area contributed by atoms with Crippen LogP contribution in [0, 0.1) is 6.92 Å². The van der Waals surface area contributed by atoms with Gasteiger partial charge in [0.25, 0.3) is 0 Å². The first-order chi connectivity index (χ1) is 31.7. The van der Waals surface area contributed by atoms with Crippen LogP contribution in [0.4, 0.5) is 17.1 Å². The predicted molar refractivity (Wildman–Crippen MR) is 275 cm³/mol. The lowest BCUT2D eigenvalue weighted by atomic mass is 9.90. The van der Waals surface area contributed by atoms with E-state index in [4.69, 9.17) is 0 Å². The molecule has 3 heteroatoms. The van der Waals surface area contributed by atoms with Crippen molar-refractivity contribution in [2.75, 3.05) is 4.90 Å². The average Bonchev–Trinajstić information content (AvgIpc) is 3.91. The van der Waals surface area contributed by atoms with Gasteiger partial charge in [0.1, 0.15) is 0 Å². The molecule has 2 nitrogen and oxygen atoms in total. The average molecular weight is 835 g/mol. The van der Waals surface area contributed by atoms with Crippen molar-refractivity contribution in [2.45, 2.75) is 6.92 Å². The summed E-state index contributed by atoms with van der Waals surface area (Å²) in [6.07, 6.45) is 0. The molecule has 64 heavy (non-hydrogen) atoms. The summed E-state index contributed by atoms with van der Waals surface area (Å²) in [5.41, 5.74) is 17.7. The van der Waals surface area contributed by atoms with Gasteiger partial charge in [-0.2, -0.15) is 0 Å². The van der Waals surface area contributed by atoms with Gasteiger partial charge in [-0.3, -0.25) is 0 Å². The number of benzene rings is 10. The molecule has 0 aliphatic carbocycles. The monoisotopic (exact) mass is 834 g/mol. The summed E-state index contributed by atoms with van der Waals surface area (Å²) in [5.74, 6) is 0. The second-order valence-corrected chi connectivity index (χ2v) is 17.6. The second kappa shape index (κ2) is 15.7. The van der Waals surface area contributed by atoms with Gasteiger partial charge in [-0.15, -0.1) is 11.3 Å². The van der Waals surface area contributed by atoms with Crippen LogP contribution in [0.5, 0.6) is 0 Å². The molecular formula is C61H42N2S. The van der Waals surface area contributed by atoms with Crippen molar-refractivity contribution >= 4 is 70.4 Å². The number of rotatable bonds is 8. The summed E-state index contributed by atoms with van der Waals surface area (Å²) in [5, 5.41) is 5.04. The molecule has 0 radical (unpaired) electrons. The minimum Gasteiger partial charge on any atom is -0.310 e. The first-order valence-corrected chi connectivity index (χ1v) is 22.7. The lowest BCUT2D eigenvalue weighted by molar-refractivity contribution is 1.18. The van der Waals surface area contributed by atoms with Crippen molar-refractivity contribution in [1.82, 2.24) is 4.57 Å². The van der Waals surface area contributed by atoms with Crippen molar-refractivity contribution in [3.63, 3.8) is 0 Å². The van der Waals surface area contributed by atoms with Crippen LogP contribution in [0.2, 0.25) is 0 Å².